The largest absolute Gasteiger partial charge is 0.507 e. The lowest BCUT2D eigenvalue weighted by molar-refractivity contribution is -0.140. The smallest absolute Gasteiger partial charge is 0.295 e. The summed E-state index contributed by atoms with van der Waals surface area (Å²) in [5.41, 5.74) is 2.62. The fourth-order valence-electron chi connectivity index (χ4n) is 5.04. The Morgan fingerprint density at radius 2 is 1.84 bits per heavy atom. The van der Waals surface area contributed by atoms with Crippen LogP contribution in [0.1, 0.15) is 29.3 Å². The average molecular weight is 521 g/mol. The van der Waals surface area contributed by atoms with E-state index >= 15 is 0 Å². The molecule has 2 aliphatic rings. The van der Waals surface area contributed by atoms with Crippen molar-refractivity contribution < 1.29 is 19.4 Å². The third kappa shape index (κ3) is 5.05. The Morgan fingerprint density at radius 1 is 1.08 bits per heavy atom. The summed E-state index contributed by atoms with van der Waals surface area (Å²) in [6, 6.07) is 15.9. The van der Waals surface area contributed by atoms with Gasteiger partial charge in [0.05, 0.1) is 48.0 Å². The molecule has 37 heavy (non-hydrogen) atoms. The molecule has 0 saturated carbocycles. The normalized spacial score (nSPS) is 20.1. The highest BCUT2D eigenvalue weighted by Gasteiger charge is 2.46. The Morgan fingerprint density at radius 3 is 2.57 bits per heavy atom. The first-order valence-electron chi connectivity index (χ1n) is 12.4. The Bertz CT molecular complexity index is 1330. The van der Waals surface area contributed by atoms with Crippen LogP contribution in [-0.4, -0.2) is 75.8 Å². The molecule has 9 heteroatoms. The number of Topliss-reactive ketones (excluding diaryl/α,β-unsaturated/α-hetero) is 1. The van der Waals surface area contributed by atoms with Gasteiger partial charge in [0.2, 0.25) is 0 Å². The van der Waals surface area contributed by atoms with Crippen LogP contribution in [0.3, 0.4) is 0 Å². The molecule has 2 fully saturated rings. The van der Waals surface area contributed by atoms with Gasteiger partial charge in [-0.3, -0.25) is 14.5 Å². The molecule has 0 radical (unpaired) electrons. The fourth-order valence-corrected chi connectivity index (χ4v) is 5.24. The molecule has 2 aromatic carbocycles. The molecule has 1 unspecified atom stereocenters. The topological polar surface area (TPSA) is 87.9 Å². The van der Waals surface area contributed by atoms with Gasteiger partial charge in [-0.2, -0.15) is 5.10 Å². The maximum Gasteiger partial charge on any atom is 0.295 e. The van der Waals surface area contributed by atoms with E-state index in [-0.39, 0.29) is 11.3 Å². The van der Waals surface area contributed by atoms with Gasteiger partial charge in [-0.1, -0.05) is 41.9 Å². The first-order valence-corrected chi connectivity index (χ1v) is 12.8. The van der Waals surface area contributed by atoms with Crippen LogP contribution in [0, 0.1) is 6.92 Å². The standard InChI is InChI=1S/C28H29ClN4O4/c1-19-23(18-30-33(19)22-9-3-2-4-10-22)26(34)24-25(20-7-5-8-21(29)17-20)32(28(36)27(24)35)12-6-11-31-13-15-37-16-14-31/h2-5,7-10,17-18,25,34H,6,11-16H2,1H3. The van der Waals surface area contributed by atoms with Gasteiger partial charge in [-0.15, -0.1) is 0 Å². The van der Waals surface area contributed by atoms with Crippen molar-refractivity contribution in [3.8, 4) is 5.69 Å². The molecule has 2 saturated heterocycles. The van der Waals surface area contributed by atoms with E-state index < -0.39 is 17.7 Å². The lowest BCUT2D eigenvalue weighted by Gasteiger charge is -2.29. The van der Waals surface area contributed by atoms with Crippen molar-refractivity contribution in [2.75, 3.05) is 39.4 Å². The number of halogens is 1. The number of ether oxygens (including phenoxy) is 1. The number of carbonyl (C=O) groups excluding carboxylic acids is 2. The number of aliphatic hydroxyl groups is 1. The van der Waals surface area contributed by atoms with Crippen LogP contribution in [0.4, 0.5) is 0 Å². The molecule has 3 heterocycles. The molecule has 1 N–H and O–H groups in total. The maximum absolute atomic E-state index is 13.4. The Labute approximate surface area is 220 Å². The molecule has 1 aromatic heterocycles. The zero-order valence-electron chi connectivity index (χ0n) is 20.6. The number of morpholine rings is 1. The van der Waals surface area contributed by atoms with E-state index in [1.807, 2.05) is 43.3 Å². The molecule has 0 spiro atoms. The second-order valence-corrected chi connectivity index (χ2v) is 9.68. The number of amides is 1. The molecule has 0 aliphatic carbocycles. The molecule has 0 bridgehead atoms. The zero-order valence-corrected chi connectivity index (χ0v) is 21.4. The van der Waals surface area contributed by atoms with Gasteiger partial charge >= 0.3 is 0 Å². The summed E-state index contributed by atoms with van der Waals surface area (Å²) in [7, 11) is 0. The minimum Gasteiger partial charge on any atom is -0.507 e. The molecule has 2 aliphatic heterocycles. The highest BCUT2D eigenvalue weighted by molar-refractivity contribution is 6.46. The lowest BCUT2D eigenvalue weighted by Crippen LogP contribution is -2.38. The van der Waals surface area contributed by atoms with Gasteiger partial charge in [0.1, 0.15) is 5.76 Å². The molecule has 1 atom stereocenters. The van der Waals surface area contributed by atoms with Crippen LogP contribution in [0.25, 0.3) is 11.4 Å². The summed E-state index contributed by atoms with van der Waals surface area (Å²) >= 11 is 6.29. The van der Waals surface area contributed by atoms with E-state index in [2.05, 4.69) is 10.00 Å². The number of hydrogen-bond acceptors (Lipinski definition) is 6. The number of ketones is 1. The van der Waals surface area contributed by atoms with Crippen molar-refractivity contribution in [3.05, 3.63) is 88.2 Å². The Balaban J connectivity index is 1.51. The van der Waals surface area contributed by atoms with E-state index in [1.165, 1.54) is 6.20 Å². The summed E-state index contributed by atoms with van der Waals surface area (Å²) in [6.45, 7) is 6.08. The second-order valence-electron chi connectivity index (χ2n) is 9.25. The summed E-state index contributed by atoms with van der Waals surface area (Å²) in [5, 5.41) is 16.4. The quantitative estimate of drug-likeness (QED) is 0.288. The third-order valence-corrected chi connectivity index (χ3v) is 7.18. The molecular formula is C28H29ClN4O4. The van der Waals surface area contributed by atoms with Crippen molar-refractivity contribution in [2.45, 2.75) is 19.4 Å². The van der Waals surface area contributed by atoms with E-state index in [0.29, 0.717) is 48.0 Å². The molecule has 5 rings (SSSR count). The highest BCUT2D eigenvalue weighted by Crippen LogP contribution is 2.40. The summed E-state index contributed by atoms with van der Waals surface area (Å²) in [4.78, 5) is 30.5. The van der Waals surface area contributed by atoms with Gasteiger partial charge in [0.25, 0.3) is 11.7 Å². The number of para-hydroxylation sites is 1. The van der Waals surface area contributed by atoms with E-state index in [4.69, 9.17) is 16.3 Å². The SMILES string of the molecule is Cc1c(C(O)=C2C(=O)C(=O)N(CCCN3CCOCC3)C2c2cccc(Cl)c2)cnn1-c1ccccc1. The average Bonchev–Trinajstić information content (AvgIpc) is 3.42. The van der Waals surface area contributed by atoms with E-state index in [9.17, 15) is 14.7 Å². The number of rotatable bonds is 7. The highest BCUT2D eigenvalue weighted by atomic mass is 35.5. The molecule has 3 aromatic rings. The minimum absolute atomic E-state index is 0.0503. The van der Waals surface area contributed by atoms with Crippen molar-refractivity contribution in [3.63, 3.8) is 0 Å². The Kier molecular flexibility index (Phi) is 7.41. The summed E-state index contributed by atoms with van der Waals surface area (Å²) in [5.74, 6) is -1.57. The Hall–Kier alpha value is -3.46. The van der Waals surface area contributed by atoms with Crippen LogP contribution in [-0.2, 0) is 14.3 Å². The van der Waals surface area contributed by atoms with Crippen LogP contribution in [0.15, 0.2) is 66.4 Å². The third-order valence-electron chi connectivity index (χ3n) is 6.95. The van der Waals surface area contributed by atoms with Gasteiger partial charge in [0, 0.05) is 31.2 Å². The van der Waals surface area contributed by atoms with E-state index in [0.717, 1.165) is 25.3 Å². The molecule has 8 nitrogen and oxygen atoms in total. The number of aliphatic hydroxyl groups excluding tert-OH is 1. The van der Waals surface area contributed by atoms with Crippen LogP contribution >= 0.6 is 11.6 Å². The van der Waals surface area contributed by atoms with Crippen LogP contribution in [0.2, 0.25) is 5.02 Å². The predicted octanol–water partition coefficient (Wildman–Crippen LogP) is 3.98. The number of nitrogens with zero attached hydrogens (tertiary/aromatic N) is 4. The van der Waals surface area contributed by atoms with Crippen LogP contribution < -0.4 is 0 Å². The van der Waals surface area contributed by atoms with Gasteiger partial charge < -0.3 is 14.7 Å². The second kappa shape index (κ2) is 10.9. The number of carbonyl (C=O) groups is 2. The number of likely N-dealkylation sites (tertiary alicyclic amines) is 1. The number of hydrogen-bond donors (Lipinski definition) is 1. The molecule has 1 amide bonds. The predicted molar refractivity (Wildman–Crippen MR) is 141 cm³/mol. The summed E-state index contributed by atoms with van der Waals surface area (Å²) < 4.78 is 7.11. The monoisotopic (exact) mass is 520 g/mol. The fraction of sp³-hybridized carbons (Fsp3) is 0.321. The van der Waals surface area contributed by atoms with Gasteiger partial charge in [0.15, 0.2) is 0 Å². The van der Waals surface area contributed by atoms with Crippen molar-refractivity contribution >= 4 is 29.1 Å². The lowest BCUT2D eigenvalue weighted by atomic mass is 9.95. The summed E-state index contributed by atoms with van der Waals surface area (Å²) in [6.07, 6.45) is 2.22. The number of aromatic nitrogens is 2. The van der Waals surface area contributed by atoms with E-state index in [1.54, 1.807) is 27.8 Å². The maximum atomic E-state index is 13.4. The van der Waals surface area contributed by atoms with Crippen molar-refractivity contribution in [2.24, 2.45) is 0 Å². The molecular weight excluding hydrogens is 492 g/mol. The van der Waals surface area contributed by atoms with Crippen molar-refractivity contribution in [1.29, 1.82) is 0 Å². The zero-order chi connectivity index (χ0) is 25.9. The first kappa shape index (κ1) is 25.2. The van der Waals surface area contributed by atoms with Gasteiger partial charge in [-0.25, -0.2) is 4.68 Å². The number of benzene rings is 2. The van der Waals surface area contributed by atoms with Crippen molar-refractivity contribution in [1.82, 2.24) is 19.6 Å². The van der Waals surface area contributed by atoms with Gasteiger partial charge in [-0.05, 0) is 43.2 Å². The molecule has 192 valence electrons. The minimum atomic E-state index is -0.747. The first-order chi connectivity index (χ1) is 18.0. The van der Waals surface area contributed by atoms with Crippen LogP contribution in [0.5, 0.6) is 0 Å².